The Hall–Kier alpha value is -2.38. The van der Waals surface area contributed by atoms with Crippen LogP contribution in [0.2, 0.25) is 5.02 Å². The van der Waals surface area contributed by atoms with Crippen molar-refractivity contribution in [1.82, 2.24) is 5.32 Å². The molecule has 0 saturated carbocycles. The molecule has 2 aromatic carbocycles. The number of nitriles is 1. The molecule has 3 nitrogen and oxygen atoms in total. The Bertz CT molecular complexity index is 687. The van der Waals surface area contributed by atoms with Crippen molar-refractivity contribution < 1.29 is 9.18 Å². The number of carbonyl (C=O) groups is 1. The summed E-state index contributed by atoms with van der Waals surface area (Å²) in [6, 6.07) is 12.6. The fraction of sp³-hybridized carbons (Fsp3) is 0.125. The molecule has 0 aliphatic carbocycles. The fourth-order valence-corrected chi connectivity index (χ4v) is 2.16. The summed E-state index contributed by atoms with van der Waals surface area (Å²) in [4.78, 5) is 12.1. The SMILES string of the molecule is CC(NC(=O)c1c(F)cccc1Cl)c1ccc(C#N)cc1. The Labute approximate surface area is 127 Å². The summed E-state index contributed by atoms with van der Waals surface area (Å²) in [5, 5.41) is 11.5. The second-order valence-electron chi connectivity index (χ2n) is 4.53. The predicted molar refractivity (Wildman–Crippen MR) is 78.4 cm³/mol. The van der Waals surface area contributed by atoms with Crippen LogP contribution >= 0.6 is 11.6 Å². The molecule has 0 aliphatic heterocycles. The smallest absolute Gasteiger partial charge is 0.256 e. The highest BCUT2D eigenvalue weighted by molar-refractivity contribution is 6.33. The van der Waals surface area contributed by atoms with Crippen LogP contribution in [0.5, 0.6) is 0 Å². The zero-order chi connectivity index (χ0) is 15.4. The van der Waals surface area contributed by atoms with Crippen molar-refractivity contribution in [3.63, 3.8) is 0 Å². The van der Waals surface area contributed by atoms with Gasteiger partial charge < -0.3 is 5.32 Å². The first-order valence-electron chi connectivity index (χ1n) is 6.28. The highest BCUT2D eigenvalue weighted by Crippen LogP contribution is 2.20. The van der Waals surface area contributed by atoms with Crippen LogP contribution in [0.15, 0.2) is 42.5 Å². The van der Waals surface area contributed by atoms with Crippen molar-refractivity contribution in [1.29, 1.82) is 5.26 Å². The molecule has 0 bridgehead atoms. The van der Waals surface area contributed by atoms with Crippen LogP contribution in [0.25, 0.3) is 0 Å². The van der Waals surface area contributed by atoms with Crippen molar-refractivity contribution in [2.75, 3.05) is 0 Å². The molecule has 1 N–H and O–H groups in total. The van der Waals surface area contributed by atoms with Crippen LogP contribution in [0, 0.1) is 17.1 Å². The van der Waals surface area contributed by atoms with E-state index in [0.29, 0.717) is 5.56 Å². The summed E-state index contributed by atoms with van der Waals surface area (Å²) in [6.07, 6.45) is 0. The molecule has 21 heavy (non-hydrogen) atoms. The number of nitrogens with zero attached hydrogens (tertiary/aromatic N) is 1. The molecular weight excluding hydrogens is 291 g/mol. The maximum absolute atomic E-state index is 13.7. The quantitative estimate of drug-likeness (QED) is 0.936. The molecule has 0 spiro atoms. The molecule has 1 amide bonds. The van der Waals surface area contributed by atoms with Crippen molar-refractivity contribution >= 4 is 17.5 Å². The number of nitrogens with one attached hydrogen (secondary N) is 1. The number of hydrogen-bond acceptors (Lipinski definition) is 2. The zero-order valence-corrected chi connectivity index (χ0v) is 12.0. The van der Waals surface area contributed by atoms with Crippen LogP contribution in [0.1, 0.15) is 34.5 Å². The topological polar surface area (TPSA) is 52.9 Å². The highest BCUT2D eigenvalue weighted by atomic mass is 35.5. The number of halogens is 2. The second kappa shape index (κ2) is 6.38. The van der Waals surface area contributed by atoms with E-state index in [9.17, 15) is 9.18 Å². The average Bonchev–Trinajstić information content (AvgIpc) is 2.47. The third-order valence-corrected chi connectivity index (χ3v) is 3.39. The van der Waals surface area contributed by atoms with Gasteiger partial charge in [-0.2, -0.15) is 5.26 Å². The molecule has 0 aromatic heterocycles. The summed E-state index contributed by atoms with van der Waals surface area (Å²) in [6.45, 7) is 1.77. The molecule has 2 aromatic rings. The van der Waals surface area contributed by atoms with Crippen molar-refractivity contribution in [2.24, 2.45) is 0 Å². The van der Waals surface area contributed by atoms with Gasteiger partial charge in [0.25, 0.3) is 5.91 Å². The number of amides is 1. The number of rotatable bonds is 3. The number of carbonyl (C=O) groups excluding carboxylic acids is 1. The van der Waals surface area contributed by atoms with Gasteiger partial charge in [0.1, 0.15) is 5.82 Å². The summed E-state index contributed by atoms with van der Waals surface area (Å²) in [5.74, 6) is -1.23. The lowest BCUT2D eigenvalue weighted by Gasteiger charge is -2.15. The van der Waals surface area contributed by atoms with Gasteiger partial charge in [-0.25, -0.2) is 4.39 Å². The van der Waals surface area contributed by atoms with Gasteiger partial charge in [0.2, 0.25) is 0 Å². The Kier molecular flexibility index (Phi) is 4.56. The molecule has 1 unspecified atom stereocenters. The van der Waals surface area contributed by atoms with E-state index in [0.717, 1.165) is 5.56 Å². The lowest BCUT2D eigenvalue weighted by molar-refractivity contribution is 0.0936. The van der Waals surface area contributed by atoms with E-state index in [2.05, 4.69) is 5.32 Å². The van der Waals surface area contributed by atoms with Crippen LogP contribution in [0.4, 0.5) is 4.39 Å². The van der Waals surface area contributed by atoms with Crippen molar-refractivity contribution in [3.05, 3.63) is 70.0 Å². The maximum atomic E-state index is 13.7. The molecule has 0 aliphatic rings. The molecule has 106 valence electrons. The van der Waals surface area contributed by atoms with E-state index in [1.54, 1.807) is 31.2 Å². The minimum Gasteiger partial charge on any atom is -0.345 e. The second-order valence-corrected chi connectivity index (χ2v) is 4.93. The van der Waals surface area contributed by atoms with Gasteiger partial charge in [0, 0.05) is 0 Å². The number of benzene rings is 2. The standard InChI is InChI=1S/C16H12ClFN2O/c1-10(12-7-5-11(9-19)6-8-12)20-16(21)15-13(17)3-2-4-14(15)18/h2-8,10H,1H3,(H,20,21). The average molecular weight is 303 g/mol. The van der Waals surface area contributed by atoms with E-state index >= 15 is 0 Å². The van der Waals surface area contributed by atoms with Gasteiger partial charge in [0.05, 0.1) is 28.3 Å². The monoisotopic (exact) mass is 302 g/mol. The lowest BCUT2D eigenvalue weighted by Crippen LogP contribution is -2.27. The highest BCUT2D eigenvalue weighted by Gasteiger charge is 2.18. The van der Waals surface area contributed by atoms with Crippen molar-refractivity contribution in [2.45, 2.75) is 13.0 Å². The molecule has 5 heteroatoms. The molecule has 0 fully saturated rings. The predicted octanol–water partition coefficient (Wildman–Crippen LogP) is 3.84. The molecular formula is C16H12ClFN2O. The van der Waals surface area contributed by atoms with Crippen molar-refractivity contribution in [3.8, 4) is 6.07 Å². The largest absolute Gasteiger partial charge is 0.345 e. The first kappa shape index (κ1) is 15.0. The van der Waals surface area contributed by atoms with Crippen LogP contribution in [0.3, 0.4) is 0 Å². The molecule has 0 heterocycles. The third-order valence-electron chi connectivity index (χ3n) is 3.08. The Morgan fingerprint density at radius 3 is 2.52 bits per heavy atom. The van der Waals surface area contributed by atoms with Crippen LogP contribution < -0.4 is 5.32 Å². The summed E-state index contributed by atoms with van der Waals surface area (Å²) < 4.78 is 13.7. The lowest BCUT2D eigenvalue weighted by atomic mass is 10.1. The Morgan fingerprint density at radius 1 is 1.29 bits per heavy atom. The Balaban J connectivity index is 2.17. The first-order valence-corrected chi connectivity index (χ1v) is 6.65. The van der Waals surface area contributed by atoms with Gasteiger partial charge in [-0.1, -0.05) is 29.8 Å². The van der Waals surface area contributed by atoms with Crippen LogP contribution in [-0.2, 0) is 0 Å². The van der Waals surface area contributed by atoms with E-state index in [1.807, 2.05) is 6.07 Å². The maximum Gasteiger partial charge on any atom is 0.256 e. The minimum absolute atomic E-state index is 0.0690. The molecule has 0 radical (unpaired) electrons. The summed E-state index contributed by atoms with van der Waals surface area (Å²) in [7, 11) is 0. The molecule has 2 rings (SSSR count). The summed E-state index contributed by atoms with van der Waals surface area (Å²) in [5.41, 5.74) is 1.18. The van der Waals surface area contributed by atoms with Crippen LogP contribution in [-0.4, -0.2) is 5.91 Å². The molecule has 1 atom stereocenters. The van der Waals surface area contributed by atoms with E-state index in [4.69, 9.17) is 16.9 Å². The van der Waals surface area contributed by atoms with E-state index in [-0.39, 0.29) is 16.6 Å². The zero-order valence-electron chi connectivity index (χ0n) is 11.2. The first-order chi connectivity index (χ1) is 10.0. The summed E-state index contributed by atoms with van der Waals surface area (Å²) >= 11 is 5.86. The molecule has 0 saturated heterocycles. The normalized spacial score (nSPS) is 11.5. The number of hydrogen-bond donors (Lipinski definition) is 1. The van der Waals surface area contributed by atoms with Gasteiger partial charge in [-0.15, -0.1) is 0 Å². The van der Waals surface area contributed by atoms with Gasteiger partial charge >= 0.3 is 0 Å². The van der Waals surface area contributed by atoms with E-state index < -0.39 is 11.7 Å². The van der Waals surface area contributed by atoms with Gasteiger partial charge in [-0.3, -0.25) is 4.79 Å². The third kappa shape index (κ3) is 3.39. The van der Waals surface area contributed by atoms with Gasteiger partial charge in [0.15, 0.2) is 0 Å². The van der Waals surface area contributed by atoms with E-state index in [1.165, 1.54) is 18.2 Å². The Morgan fingerprint density at radius 2 is 1.95 bits per heavy atom. The van der Waals surface area contributed by atoms with Gasteiger partial charge in [-0.05, 0) is 36.8 Å². The fourth-order valence-electron chi connectivity index (χ4n) is 1.91. The minimum atomic E-state index is -0.660.